The molecule has 1 fully saturated rings. The van der Waals surface area contributed by atoms with Crippen LogP contribution in [0, 0.1) is 11.3 Å². The van der Waals surface area contributed by atoms with Gasteiger partial charge in [0.2, 0.25) is 0 Å². The fraction of sp³-hybridized carbons (Fsp3) is 0.647. The van der Waals surface area contributed by atoms with Crippen molar-refractivity contribution in [3.63, 3.8) is 0 Å². The van der Waals surface area contributed by atoms with Crippen LogP contribution in [0.2, 0.25) is 0 Å². The van der Waals surface area contributed by atoms with Crippen LogP contribution in [0.5, 0.6) is 5.75 Å². The number of rotatable bonds is 4. The molecule has 0 aliphatic heterocycles. The van der Waals surface area contributed by atoms with Gasteiger partial charge in [0.1, 0.15) is 5.75 Å². The molecule has 20 heavy (non-hydrogen) atoms. The maximum absolute atomic E-state index is 10.5. The van der Waals surface area contributed by atoms with E-state index in [1.165, 1.54) is 6.42 Å². The Morgan fingerprint density at radius 1 is 1.40 bits per heavy atom. The van der Waals surface area contributed by atoms with E-state index in [1.807, 2.05) is 18.2 Å². The van der Waals surface area contributed by atoms with E-state index in [2.05, 4.69) is 31.9 Å². The number of nitrogens with zero attached hydrogens (tertiary/aromatic N) is 1. The van der Waals surface area contributed by atoms with Crippen LogP contribution in [0.25, 0.3) is 0 Å². The van der Waals surface area contributed by atoms with Crippen LogP contribution in [-0.4, -0.2) is 31.9 Å². The molecule has 3 heteroatoms. The smallest absolute Gasteiger partial charge is 0.120 e. The SMILES string of the molecule is COc1cccc(N(C)CC2CCCC(C)(C)C2O)c1. The summed E-state index contributed by atoms with van der Waals surface area (Å²) < 4.78 is 5.27. The van der Waals surface area contributed by atoms with Gasteiger partial charge in [0.25, 0.3) is 0 Å². The van der Waals surface area contributed by atoms with E-state index in [9.17, 15) is 5.11 Å². The van der Waals surface area contributed by atoms with Crippen LogP contribution >= 0.6 is 0 Å². The van der Waals surface area contributed by atoms with Gasteiger partial charge in [-0.05, 0) is 30.4 Å². The molecule has 2 unspecified atom stereocenters. The summed E-state index contributed by atoms with van der Waals surface area (Å²) in [4.78, 5) is 2.22. The minimum atomic E-state index is -0.218. The number of hydrogen-bond acceptors (Lipinski definition) is 3. The Kier molecular flexibility index (Phi) is 4.59. The highest BCUT2D eigenvalue weighted by Crippen LogP contribution is 2.39. The third-order valence-electron chi connectivity index (χ3n) is 4.65. The topological polar surface area (TPSA) is 32.7 Å². The second-order valence-electron chi connectivity index (χ2n) is 6.67. The van der Waals surface area contributed by atoms with Crippen LogP contribution in [0.3, 0.4) is 0 Å². The molecule has 1 N–H and O–H groups in total. The van der Waals surface area contributed by atoms with Gasteiger partial charge in [0.15, 0.2) is 0 Å². The van der Waals surface area contributed by atoms with Crippen molar-refractivity contribution in [1.29, 1.82) is 0 Å². The van der Waals surface area contributed by atoms with Crippen molar-refractivity contribution in [2.24, 2.45) is 11.3 Å². The summed E-state index contributed by atoms with van der Waals surface area (Å²) in [5.74, 6) is 1.22. The Balaban J connectivity index is 2.05. The molecule has 1 aromatic carbocycles. The van der Waals surface area contributed by atoms with E-state index in [-0.39, 0.29) is 11.5 Å². The molecular formula is C17H27NO2. The molecule has 112 valence electrons. The number of aliphatic hydroxyl groups is 1. The molecular weight excluding hydrogens is 250 g/mol. The maximum Gasteiger partial charge on any atom is 0.120 e. The summed E-state index contributed by atoms with van der Waals surface area (Å²) in [6.45, 7) is 5.24. The molecule has 0 bridgehead atoms. The van der Waals surface area contributed by atoms with Crippen LogP contribution in [-0.2, 0) is 0 Å². The zero-order valence-corrected chi connectivity index (χ0v) is 13.1. The number of hydrogen-bond donors (Lipinski definition) is 1. The standard InChI is InChI=1S/C17H27NO2/c1-17(2)10-6-7-13(16(17)19)12-18(3)14-8-5-9-15(11-14)20-4/h5,8-9,11,13,16,19H,6-7,10,12H2,1-4H3. The molecule has 3 nitrogen and oxygen atoms in total. The van der Waals surface area contributed by atoms with E-state index in [0.717, 1.165) is 30.8 Å². The summed E-state index contributed by atoms with van der Waals surface area (Å²) in [5.41, 5.74) is 1.18. The lowest BCUT2D eigenvalue weighted by molar-refractivity contribution is -0.0290. The summed E-state index contributed by atoms with van der Waals surface area (Å²) in [5, 5.41) is 10.5. The van der Waals surface area contributed by atoms with Crippen molar-refractivity contribution in [2.75, 3.05) is 25.6 Å². The number of benzene rings is 1. The highest BCUT2D eigenvalue weighted by Gasteiger charge is 2.37. The highest BCUT2D eigenvalue weighted by atomic mass is 16.5. The molecule has 1 aliphatic rings. The zero-order chi connectivity index (χ0) is 14.8. The summed E-state index contributed by atoms with van der Waals surface area (Å²) in [7, 11) is 3.77. The lowest BCUT2D eigenvalue weighted by Crippen LogP contribution is -2.44. The largest absolute Gasteiger partial charge is 0.497 e. The van der Waals surface area contributed by atoms with E-state index >= 15 is 0 Å². The Labute approximate surface area is 122 Å². The van der Waals surface area contributed by atoms with Crippen LogP contribution in [0.1, 0.15) is 33.1 Å². The van der Waals surface area contributed by atoms with Crippen molar-refractivity contribution >= 4 is 5.69 Å². The summed E-state index contributed by atoms with van der Waals surface area (Å²) >= 11 is 0. The molecule has 0 radical (unpaired) electrons. The molecule has 2 atom stereocenters. The van der Waals surface area contributed by atoms with Gasteiger partial charge in [-0.1, -0.05) is 26.3 Å². The minimum absolute atomic E-state index is 0.0398. The average molecular weight is 277 g/mol. The average Bonchev–Trinajstić information content (AvgIpc) is 2.44. The normalized spacial score (nSPS) is 25.2. The van der Waals surface area contributed by atoms with Crippen molar-refractivity contribution < 1.29 is 9.84 Å². The van der Waals surface area contributed by atoms with Gasteiger partial charge in [-0.15, -0.1) is 0 Å². The van der Waals surface area contributed by atoms with Crippen molar-refractivity contribution in [3.05, 3.63) is 24.3 Å². The number of methoxy groups -OCH3 is 1. The zero-order valence-electron chi connectivity index (χ0n) is 13.1. The minimum Gasteiger partial charge on any atom is -0.497 e. The number of anilines is 1. The monoisotopic (exact) mass is 277 g/mol. The van der Waals surface area contributed by atoms with Gasteiger partial charge in [0.05, 0.1) is 13.2 Å². The predicted octanol–water partition coefficient (Wildman–Crippen LogP) is 3.32. The second-order valence-corrected chi connectivity index (χ2v) is 6.67. The van der Waals surface area contributed by atoms with Gasteiger partial charge in [0, 0.05) is 31.3 Å². The third kappa shape index (κ3) is 3.26. The molecule has 0 saturated heterocycles. The van der Waals surface area contributed by atoms with Crippen LogP contribution in [0.4, 0.5) is 5.69 Å². The maximum atomic E-state index is 10.5. The Morgan fingerprint density at radius 2 is 2.15 bits per heavy atom. The van der Waals surface area contributed by atoms with Gasteiger partial charge < -0.3 is 14.7 Å². The molecule has 0 amide bonds. The molecule has 0 aromatic heterocycles. The van der Waals surface area contributed by atoms with E-state index in [0.29, 0.717) is 5.92 Å². The molecule has 2 rings (SSSR count). The number of aliphatic hydroxyl groups excluding tert-OH is 1. The van der Waals surface area contributed by atoms with Crippen molar-refractivity contribution in [1.82, 2.24) is 0 Å². The molecule has 0 spiro atoms. The molecule has 1 saturated carbocycles. The first-order valence-corrected chi connectivity index (χ1v) is 7.47. The first-order chi connectivity index (χ1) is 9.44. The Bertz CT molecular complexity index is 444. The predicted molar refractivity (Wildman–Crippen MR) is 83.4 cm³/mol. The van der Waals surface area contributed by atoms with E-state index in [1.54, 1.807) is 7.11 Å². The summed E-state index contributed by atoms with van der Waals surface area (Å²) in [6, 6.07) is 8.09. The van der Waals surface area contributed by atoms with Gasteiger partial charge >= 0.3 is 0 Å². The first-order valence-electron chi connectivity index (χ1n) is 7.47. The van der Waals surface area contributed by atoms with Gasteiger partial charge in [-0.3, -0.25) is 0 Å². The summed E-state index contributed by atoms with van der Waals surface area (Å²) in [6.07, 6.45) is 3.22. The lowest BCUT2D eigenvalue weighted by Gasteiger charge is -2.42. The third-order valence-corrected chi connectivity index (χ3v) is 4.65. The molecule has 0 heterocycles. The van der Waals surface area contributed by atoms with Gasteiger partial charge in [-0.25, -0.2) is 0 Å². The highest BCUT2D eigenvalue weighted by molar-refractivity contribution is 5.50. The second kappa shape index (κ2) is 6.04. The van der Waals surface area contributed by atoms with E-state index < -0.39 is 0 Å². The van der Waals surface area contributed by atoms with Crippen LogP contribution in [0.15, 0.2) is 24.3 Å². The first kappa shape index (κ1) is 15.2. The Morgan fingerprint density at radius 3 is 2.85 bits per heavy atom. The molecule has 1 aromatic rings. The van der Waals surface area contributed by atoms with Crippen molar-refractivity contribution in [3.8, 4) is 5.75 Å². The van der Waals surface area contributed by atoms with E-state index in [4.69, 9.17) is 4.74 Å². The lowest BCUT2D eigenvalue weighted by atomic mass is 9.69. The Hall–Kier alpha value is -1.22. The molecule has 1 aliphatic carbocycles. The van der Waals surface area contributed by atoms with Crippen LogP contribution < -0.4 is 9.64 Å². The quantitative estimate of drug-likeness (QED) is 0.916. The fourth-order valence-electron chi connectivity index (χ4n) is 3.26. The van der Waals surface area contributed by atoms with Crippen molar-refractivity contribution in [2.45, 2.75) is 39.2 Å². The number of ether oxygens (including phenoxy) is 1. The van der Waals surface area contributed by atoms with Gasteiger partial charge in [-0.2, -0.15) is 0 Å². The fourth-order valence-corrected chi connectivity index (χ4v) is 3.26.